The second kappa shape index (κ2) is 6.34. The Kier molecular flexibility index (Phi) is 5.27. The lowest BCUT2D eigenvalue weighted by molar-refractivity contribution is -0.0435. The van der Waals surface area contributed by atoms with E-state index in [2.05, 4.69) is 4.98 Å². The summed E-state index contributed by atoms with van der Waals surface area (Å²) in [5, 5.41) is 0. The first-order chi connectivity index (χ1) is 9.15. The summed E-state index contributed by atoms with van der Waals surface area (Å²) in [5.74, 6) is -1.81. The standard InChI is InChI=1S/C12H14F3NO3S/c1-9(11(17)10-5-2-6-16-8-10)4-3-7-20(18,19)12(13,14)15/h2,5-6,8-9H,3-4,7H2,1H3. The molecule has 112 valence electrons. The summed E-state index contributed by atoms with van der Waals surface area (Å²) in [4.78, 5) is 15.7. The van der Waals surface area contributed by atoms with Gasteiger partial charge in [-0.25, -0.2) is 8.42 Å². The Morgan fingerprint density at radius 3 is 2.55 bits per heavy atom. The van der Waals surface area contributed by atoms with Gasteiger partial charge in [-0.3, -0.25) is 9.78 Å². The van der Waals surface area contributed by atoms with Crippen LogP contribution in [-0.4, -0.2) is 30.4 Å². The van der Waals surface area contributed by atoms with Gasteiger partial charge in [-0.05, 0) is 25.0 Å². The van der Waals surface area contributed by atoms with Crippen molar-refractivity contribution in [3.05, 3.63) is 30.1 Å². The number of alkyl halides is 3. The number of nitrogens with zero attached hydrogens (tertiary/aromatic N) is 1. The number of Topliss-reactive ketones (excluding diaryl/α,β-unsaturated/α-hetero) is 1. The van der Waals surface area contributed by atoms with Gasteiger partial charge >= 0.3 is 5.51 Å². The SMILES string of the molecule is CC(CCCS(=O)(=O)C(F)(F)F)C(=O)c1cccnc1. The quantitative estimate of drug-likeness (QED) is 0.758. The van der Waals surface area contributed by atoms with Crippen LogP contribution < -0.4 is 0 Å². The zero-order valence-corrected chi connectivity index (χ0v) is 11.5. The fraction of sp³-hybridized carbons (Fsp3) is 0.500. The highest BCUT2D eigenvalue weighted by Gasteiger charge is 2.44. The van der Waals surface area contributed by atoms with Crippen LogP contribution in [0.5, 0.6) is 0 Å². The Morgan fingerprint density at radius 1 is 1.40 bits per heavy atom. The van der Waals surface area contributed by atoms with E-state index in [1.165, 1.54) is 12.4 Å². The van der Waals surface area contributed by atoms with Crippen molar-refractivity contribution in [2.45, 2.75) is 25.3 Å². The molecule has 20 heavy (non-hydrogen) atoms. The molecule has 1 unspecified atom stereocenters. The van der Waals surface area contributed by atoms with Gasteiger partial charge in [0.2, 0.25) is 9.84 Å². The molecule has 0 saturated heterocycles. The summed E-state index contributed by atoms with van der Waals surface area (Å²) in [5.41, 5.74) is -4.87. The first-order valence-corrected chi connectivity index (χ1v) is 7.53. The van der Waals surface area contributed by atoms with E-state index in [1.54, 1.807) is 19.1 Å². The number of aromatic nitrogens is 1. The highest BCUT2D eigenvalue weighted by molar-refractivity contribution is 7.92. The zero-order chi connectivity index (χ0) is 15.4. The number of hydrogen-bond donors (Lipinski definition) is 0. The van der Waals surface area contributed by atoms with E-state index in [-0.39, 0.29) is 18.6 Å². The minimum absolute atomic E-state index is 0.0725. The number of ketones is 1. The van der Waals surface area contributed by atoms with Gasteiger partial charge in [-0.1, -0.05) is 6.92 Å². The van der Waals surface area contributed by atoms with Crippen molar-refractivity contribution in [1.29, 1.82) is 0 Å². The van der Waals surface area contributed by atoms with Gasteiger partial charge in [0.25, 0.3) is 0 Å². The minimum Gasteiger partial charge on any atom is -0.294 e. The molecular formula is C12H14F3NO3S. The largest absolute Gasteiger partial charge is 0.497 e. The topological polar surface area (TPSA) is 64.1 Å². The van der Waals surface area contributed by atoms with Crippen molar-refractivity contribution in [3.8, 4) is 0 Å². The van der Waals surface area contributed by atoms with Crippen LogP contribution in [0.3, 0.4) is 0 Å². The van der Waals surface area contributed by atoms with Gasteiger partial charge in [-0.15, -0.1) is 0 Å². The Hall–Kier alpha value is -1.44. The first-order valence-electron chi connectivity index (χ1n) is 5.88. The second-order valence-electron chi connectivity index (χ2n) is 4.41. The molecule has 0 spiro atoms. The van der Waals surface area contributed by atoms with Crippen molar-refractivity contribution in [2.75, 3.05) is 5.75 Å². The molecule has 0 fully saturated rings. The zero-order valence-electron chi connectivity index (χ0n) is 10.7. The van der Waals surface area contributed by atoms with Crippen LogP contribution in [0.25, 0.3) is 0 Å². The molecule has 1 aromatic heterocycles. The normalized spacial score (nSPS) is 14.0. The van der Waals surface area contributed by atoms with Crippen LogP contribution in [0, 0.1) is 5.92 Å². The van der Waals surface area contributed by atoms with Gasteiger partial charge in [0.05, 0.1) is 5.75 Å². The predicted molar refractivity (Wildman–Crippen MR) is 66.8 cm³/mol. The van der Waals surface area contributed by atoms with Crippen molar-refractivity contribution in [2.24, 2.45) is 5.92 Å². The Bertz CT molecular complexity index is 555. The maximum atomic E-state index is 12.1. The molecule has 1 aromatic rings. The van der Waals surface area contributed by atoms with E-state index in [0.29, 0.717) is 5.56 Å². The third-order valence-corrected chi connectivity index (χ3v) is 4.33. The van der Waals surface area contributed by atoms with E-state index in [9.17, 15) is 26.4 Å². The van der Waals surface area contributed by atoms with E-state index >= 15 is 0 Å². The van der Waals surface area contributed by atoms with Gasteiger partial charge in [0.1, 0.15) is 0 Å². The summed E-state index contributed by atoms with van der Waals surface area (Å²) in [6.45, 7) is 1.55. The Labute approximate surface area is 114 Å². The lowest BCUT2D eigenvalue weighted by Gasteiger charge is -2.11. The van der Waals surface area contributed by atoms with Crippen LogP contribution in [0.1, 0.15) is 30.1 Å². The molecule has 4 nitrogen and oxygen atoms in total. The number of halogens is 3. The number of carbonyl (C=O) groups is 1. The van der Waals surface area contributed by atoms with Crippen LogP contribution in [0.4, 0.5) is 13.2 Å². The van der Waals surface area contributed by atoms with Gasteiger partial charge in [0, 0.05) is 23.9 Å². The van der Waals surface area contributed by atoms with Crippen LogP contribution >= 0.6 is 0 Å². The molecule has 0 radical (unpaired) electrons. The molecule has 0 aliphatic rings. The predicted octanol–water partition coefficient (Wildman–Crippen LogP) is 2.62. The first kappa shape index (κ1) is 16.6. The van der Waals surface area contributed by atoms with Crippen molar-refractivity contribution in [3.63, 3.8) is 0 Å². The minimum atomic E-state index is -5.23. The molecule has 0 aliphatic heterocycles. The highest BCUT2D eigenvalue weighted by atomic mass is 32.2. The molecule has 0 saturated carbocycles. The summed E-state index contributed by atoms with van der Waals surface area (Å²) in [7, 11) is -5.11. The average molecular weight is 309 g/mol. The lowest BCUT2D eigenvalue weighted by atomic mass is 9.96. The second-order valence-corrected chi connectivity index (χ2v) is 6.51. The molecule has 0 N–H and O–H groups in total. The van der Waals surface area contributed by atoms with E-state index in [1.807, 2.05) is 0 Å². The Balaban J connectivity index is 2.53. The number of hydrogen-bond acceptors (Lipinski definition) is 4. The molecule has 1 rings (SSSR count). The Morgan fingerprint density at radius 2 is 2.05 bits per heavy atom. The third-order valence-electron chi connectivity index (χ3n) is 2.80. The monoisotopic (exact) mass is 309 g/mol. The van der Waals surface area contributed by atoms with Gasteiger partial charge in [-0.2, -0.15) is 13.2 Å². The van der Waals surface area contributed by atoms with E-state index in [4.69, 9.17) is 0 Å². The number of pyridine rings is 1. The molecule has 0 amide bonds. The fourth-order valence-electron chi connectivity index (χ4n) is 1.62. The molecular weight excluding hydrogens is 295 g/mol. The summed E-state index contributed by atoms with van der Waals surface area (Å²) < 4.78 is 58.1. The smallest absolute Gasteiger partial charge is 0.294 e. The number of rotatable bonds is 6. The fourth-order valence-corrected chi connectivity index (χ4v) is 2.40. The van der Waals surface area contributed by atoms with Crippen molar-refractivity contribution >= 4 is 15.6 Å². The number of sulfone groups is 1. The average Bonchev–Trinajstić information content (AvgIpc) is 2.37. The van der Waals surface area contributed by atoms with Crippen LogP contribution in [0.15, 0.2) is 24.5 Å². The summed E-state index contributed by atoms with van der Waals surface area (Å²) in [6, 6.07) is 3.13. The van der Waals surface area contributed by atoms with E-state index in [0.717, 1.165) is 0 Å². The van der Waals surface area contributed by atoms with Crippen molar-refractivity contribution < 1.29 is 26.4 Å². The summed E-state index contributed by atoms with van der Waals surface area (Å²) >= 11 is 0. The maximum Gasteiger partial charge on any atom is 0.497 e. The van der Waals surface area contributed by atoms with E-state index < -0.39 is 27.0 Å². The van der Waals surface area contributed by atoms with Crippen LogP contribution in [-0.2, 0) is 9.84 Å². The highest BCUT2D eigenvalue weighted by Crippen LogP contribution is 2.25. The maximum absolute atomic E-state index is 12.1. The molecule has 8 heteroatoms. The van der Waals surface area contributed by atoms with Gasteiger partial charge < -0.3 is 0 Å². The van der Waals surface area contributed by atoms with Crippen LogP contribution in [0.2, 0.25) is 0 Å². The molecule has 1 atom stereocenters. The third kappa shape index (κ3) is 4.29. The summed E-state index contributed by atoms with van der Waals surface area (Å²) in [6.07, 6.45) is 2.72. The van der Waals surface area contributed by atoms with Gasteiger partial charge in [0.15, 0.2) is 5.78 Å². The molecule has 0 bridgehead atoms. The lowest BCUT2D eigenvalue weighted by Crippen LogP contribution is -2.26. The number of carbonyl (C=O) groups excluding carboxylic acids is 1. The molecule has 0 aromatic carbocycles. The molecule has 0 aliphatic carbocycles. The van der Waals surface area contributed by atoms with Crippen molar-refractivity contribution in [1.82, 2.24) is 4.98 Å². The molecule has 1 heterocycles.